The van der Waals surface area contributed by atoms with Crippen molar-refractivity contribution in [1.29, 1.82) is 5.26 Å². The van der Waals surface area contributed by atoms with Crippen LogP contribution in [0.3, 0.4) is 0 Å². The van der Waals surface area contributed by atoms with Gasteiger partial charge < -0.3 is 14.4 Å². The molecule has 6 nitrogen and oxygen atoms in total. The van der Waals surface area contributed by atoms with Crippen LogP contribution < -0.4 is 0 Å². The molecule has 0 unspecified atom stereocenters. The molecule has 4 aromatic rings. The normalized spacial score (nSPS) is 16.7. The minimum atomic E-state index is -0.893. The summed E-state index contributed by atoms with van der Waals surface area (Å²) in [5.74, 6) is -0.430. The molecule has 1 saturated heterocycles. The molecule has 1 N–H and O–H groups in total. The van der Waals surface area contributed by atoms with E-state index in [1.807, 2.05) is 36.4 Å². The molecule has 0 atom stereocenters. The number of carbonyl (C=O) groups is 1. The maximum Gasteiger partial charge on any atom is 0.335 e. The van der Waals surface area contributed by atoms with Gasteiger partial charge in [0.2, 0.25) is 0 Å². The van der Waals surface area contributed by atoms with Gasteiger partial charge in [0.25, 0.3) is 0 Å². The van der Waals surface area contributed by atoms with E-state index in [1.165, 1.54) is 48.7 Å². The Kier molecular flexibility index (Phi) is 7.68. The fourth-order valence-corrected chi connectivity index (χ4v) is 6.48. The first-order valence-electron chi connectivity index (χ1n) is 14.4. The quantitative estimate of drug-likeness (QED) is 0.279. The summed E-state index contributed by atoms with van der Waals surface area (Å²) in [5, 5.41) is 20.2. The maximum atomic E-state index is 12.0. The Bertz CT molecular complexity index is 1530. The van der Waals surface area contributed by atoms with E-state index < -0.39 is 5.97 Å². The van der Waals surface area contributed by atoms with Crippen molar-refractivity contribution < 1.29 is 14.6 Å². The lowest BCUT2D eigenvalue weighted by Gasteiger charge is -2.27. The number of benzene rings is 3. The highest BCUT2D eigenvalue weighted by molar-refractivity contribution is 5.98. The minimum absolute atomic E-state index is 0.329. The van der Waals surface area contributed by atoms with Crippen molar-refractivity contribution in [3.05, 3.63) is 83.4 Å². The van der Waals surface area contributed by atoms with Gasteiger partial charge in [-0.1, -0.05) is 61.7 Å². The van der Waals surface area contributed by atoms with Gasteiger partial charge in [0.1, 0.15) is 0 Å². The lowest BCUT2D eigenvalue weighted by Crippen LogP contribution is -2.38. The van der Waals surface area contributed by atoms with Crippen molar-refractivity contribution >= 4 is 16.9 Å². The fraction of sp³-hybridized carbons (Fsp3) is 0.353. The molecule has 1 aromatic heterocycles. The van der Waals surface area contributed by atoms with Gasteiger partial charge in [-0.05, 0) is 65.3 Å². The third-order valence-electron chi connectivity index (χ3n) is 8.61. The molecule has 6 rings (SSSR count). The fourth-order valence-electron chi connectivity index (χ4n) is 6.48. The predicted molar refractivity (Wildman–Crippen MR) is 158 cm³/mol. The zero-order valence-electron chi connectivity index (χ0n) is 22.8. The van der Waals surface area contributed by atoms with E-state index in [1.54, 1.807) is 6.07 Å². The molecule has 2 heterocycles. The van der Waals surface area contributed by atoms with Crippen LogP contribution in [0.15, 0.2) is 66.7 Å². The highest BCUT2D eigenvalue weighted by Gasteiger charge is 2.27. The van der Waals surface area contributed by atoms with Crippen LogP contribution in [0.1, 0.15) is 59.5 Å². The standard InChI is InChI=1S/C34H35N3O3/c35-23-24-6-8-25(9-7-24)26-10-12-28(13-11-26)33-32(27-4-2-1-3-5-27)30-15-14-29(34(38)39)22-31(30)37(33)17-16-36-18-20-40-21-19-36/h6-15,22,27H,1-5,16-21H2,(H,38,39). The monoisotopic (exact) mass is 533 g/mol. The van der Waals surface area contributed by atoms with E-state index in [-0.39, 0.29) is 0 Å². The predicted octanol–water partition coefficient (Wildman–Crippen LogP) is 6.93. The number of nitrogens with zero attached hydrogens (tertiary/aromatic N) is 3. The number of hydrogen-bond donors (Lipinski definition) is 1. The number of carboxylic acids is 1. The van der Waals surface area contributed by atoms with Crippen LogP contribution in [0.4, 0.5) is 0 Å². The summed E-state index contributed by atoms with van der Waals surface area (Å²) in [6.45, 7) is 5.04. The van der Waals surface area contributed by atoms with Gasteiger partial charge in [0.05, 0.1) is 36.1 Å². The van der Waals surface area contributed by atoms with E-state index >= 15 is 0 Å². The molecule has 3 aromatic carbocycles. The van der Waals surface area contributed by atoms with Crippen LogP contribution in [-0.4, -0.2) is 53.4 Å². The first kappa shape index (κ1) is 26.3. The number of aromatic nitrogens is 1. The maximum absolute atomic E-state index is 12.0. The van der Waals surface area contributed by atoms with Crippen LogP contribution in [0, 0.1) is 11.3 Å². The zero-order chi connectivity index (χ0) is 27.5. The van der Waals surface area contributed by atoms with E-state index in [9.17, 15) is 9.90 Å². The number of carboxylic acid groups (broad SMARTS) is 1. The topological polar surface area (TPSA) is 78.5 Å². The third-order valence-corrected chi connectivity index (χ3v) is 8.61. The molecule has 1 aliphatic carbocycles. The van der Waals surface area contributed by atoms with Crippen molar-refractivity contribution in [3.63, 3.8) is 0 Å². The van der Waals surface area contributed by atoms with Crippen molar-refractivity contribution in [2.75, 3.05) is 32.8 Å². The molecule has 1 aliphatic heterocycles. The first-order chi connectivity index (χ1) is 19.6. The zero-order valence-corrected chi connectivity index (χ0v) is 22.8. The molecule has 6 heteroatoms. The highest BCUT2D eigenvalue weighted by Crippen LogP contribution is 2.44. The van der Waals surface area contributed by atoms with Crippen molar-refractivity contribution in [2.45, 2.75) is 44.6 Å². The number of rotatable bonds is 7. The Morgan fingerprint density at radius 3 is 2.17 bits per heavy atom. The van der Waals surface area contributed by atoms with Gasteiger partial charge in [-0.2, -0.15) is 5.26 Å². The first-order valence-corrected chi connectivity index (χ1v) is 14.4. The lowest BCUT2D eigenvalue weighted by atomic mass is 9.81. The van der Waals surface area contributed by atoms with Gasteiger partial charge in [-0.3, -0.25) is 4.90 Å². The molecular formula is C34H35N3O3. The summed E-state index contributed by atoms with van der Waals surface area (Å²) in [6.07, 6.45) is 6.08. The molecule has 204 valence electrons. The van der Waals surface area contributed by atoms with Gasteiger partial charge in [-0.25, -0.2) is 4.79 Å². The largest absolute Gasteiger partial charge is 0.478 e. The number of nitriles is 1. The smallest absolute Gasteiger partial charge is 0.335 e. The van der Waals surface area contributed by atoms with Crippen LogP contribution in [-0.2, 0) is 11.3 Å². The molecule has 0 spiro atoms. The second-order valence-electron chi connectivity index (χ2n) is 11.0. The van der Waals surface area contributed by atoms with E-state index in [2.05, 4.69) is 39.8 Å². The summed E-state index contributed by atoms with van der Waals surface area (Å²) in [6, 6.07) is 24.3. The number of fused-ring (bicyclic) bond motifs is 1. The average Bonchev–Trinajstić information content (AvgIpc) is 3.34. The molecule has 40 heavy (non-hydrogen) atoms. The van der Waals surface area contributed by atoms with Crippen molar-refractivity contribution in [1.82, 2.24) is 9.47 Å². The van der Waals surface area contributed by atoms with E-state index in [4.69, 9.17) is 10.00 Å². The number of morpholine rings is 1. The summed E-state index contributed by atoms with van der Waals surface area (Å²) in [7, 11) is 0. The summed E-state index contributed by atoms with van der Waals surface area (Å²) >= 11 is 0. The van der Waals surface area contributed by atoms with Crippen molar-refractivity contribution in [2.24, 2.45) is 0 Å². The SMILES string of the molecule is N#Cc1ccc(-c2ccc(-c3c(C4CCCCC4)c4ccc(C(=O)O)cc4n3CCN3CCOCC3)cc2)cc1. The summed E-state index contributed by atoms with van der Waals surface area (Å²) in [5.41, 5.74) is 7.95. The summed E-state index contributed by atoms with van der Waals surface area (Å²) in [4.78, 5) is 14.4. The molecule has 0 radical (unpaired) electrons. The van der Waals surface area contributed by atoms with Crippen LogP contribution in [0.5, 0.6) is 0 Å². The molecule has 0 bridgehead atoms. The van der Waals surface area contributed by atoms with Crippen LogP contribution in [0.25, 0.3) is 33.3 Å². The molecule has 0 amide bonds. The Morgan fingerprint density at radius 1 is 0.875 bits per heavy atom. The number of hydrogen-bond acceptors (Lipinski definition) is 4. The van der Waals surface area contributed by atoms with Gasteiger partial charge in [0.15, 0.2) is 0 Å². The minimum Gasteiger partial charge on any atom is -0.478 e. The number of ether oxygens (including phenoxy) is 1. The molecule has 1 saturated carbocycles. The van der Waals surface area contributed by atoms with Gasteiger partial charge >= 0.3 is 5.97 Å². The summed E-state index contributed by atoms with van der Waals surface area (Å²) < 4.78 is 7.96. The Hall–Kier alpha value is -3.92. The third kappa shape index (κ3) is 5.28. The molecule has 2 aliphatic rings. The van der Waals surface area contributed by atoms with E-state index in [0.29, 0.717) is 17.0 Å². The van der Waals surface area contributed by atoms with Gasteiger partial charge in [0, 0.05) is 37.1 Å². The second-order valence-corrected chi connectivity index (χ2v) is 11.0. The molecule has 2 fully saturated rings. The van der Waals surface area contributed by atoms with Crippen LogP contribution >= 0.6 is 0 Å². The molecular weight excluding hydrogens is 498 g/mol. The Labute approximate surface area is 235 Å². The Balaban J connectivity index is 1.48. The van der Waals surface area contributed by atoms with Crippen molar-refractivity contribution in [3.8, 4) is 28.5 Å². The highest BCUT2D eigenvalue weighted by atomic mass is 16.5. The van der Waals surface area contributed by atoms with E-state index in [0.717, 1.165) is 61.6 Å². The number of aromatic carboxylic acids is 1. The average molecular weight is 534 g/mol. The van der Waals surface area contributed by atoms with Gasteiger partial charge in [-0.15, -0.1) is 0 Å². The Morgan fingerprint density at radius 2 is 1.52 bits per heavy atom. The second kappa shape index (κ2) is 11.7. The lowest BCUT2D eigenvalue weighted by molar-refractivity contribution is 0.0366. The van der Waals surface area contributed by atoms with Crippen LogP contribution in [0.2, 0.25) is 0 Å².